The number of allylic oxidation sites excluding steroid dienone is 2. The molecule has 0 amide bonds. The Kier molecular flexibility index (Phi) is 4.70. The molecule has 0 spiro atoms. The van der Waals surface area contributed by atoms with E-state index in [1.807, 2.05) is 0 Å². The van der Waals surface area contributed by atoms with Crippen LogP contribution in [0.15, 0.2) is 17.3 Å². The maximum atomic E-state index is 5.58. The van der Waals surface area contributed by atoms with Crippen LogP contribution in [0.1, 0.15) is 72.1 Å². The van der Waals surface area contributed by atoms with E-state index in [9.17, 15) is 0 Å². The minimum Gasteiger partial charge on any atom is -0.375 e. The molecule has 3 saturated carbocycles. The average Bonchev–Trinajstić information content (AvgIpc) is 2.96. The highest BCUT2D eigenvalue weighted by molar-refractivity contribution is 7.80. The van der Waals surface area contributed by atoms with Gasteiger partial charge < -0.3 is 5.73 Å². The van der Waals surface area contributed by atoms with Crippen molar-refractivity contribution in [2.24, 2.45) is 51.3 Å². The number of hydrogen-bond donors (Lipinski definition) is 2. The fourth-order valence-corrected chi connectivity index (χ4v) is 7.79. The van der Waals surface area contributed by atoms with Gasteiger partial charge in [-0.25, -0.2) is 0 Å². The third-order valence-electron chi connectivity index (χ3n) is 9.06. The molecule has 4 heteroatoms. The van der Waals surface area contributed by atoms with Crippen LogP contribution in [0.3, 0.4) is 0 Å². The minimum atomic E-state index is 0.268. The van der Waals surface area contributed by atoms with Gasteiger partial charge in [-0.2, -0.15) is 5.10 Å². The monoisotopic (exact) mass is 373 g/mol. The predicted molar refractivity (Wildman–Crippen MR) is 113 cm³/mol. The second kappa shape index (κ2) is 6.61. The Hall–Kier alpha value is -0.900. The molecule has 3 fully saturated rings. The van der Waals surface area contributed by atoms with Gasteiger partial charge in [0, 0.05) is 11.6 Å². The van der Waals surface area contributed by atoms with E-state index in [-0.39, 0.29) is 5.11 Å². The molecule has 4 rings (SSSR count). The van der Waals surface area contributed by atoms with Crippen molar-refractivity contribution in [3.8, 4) is 0 Å². The fourth-order valence-electron chi connectivity index (χ4n) is 7.75. The van der Waals surface area contributed by atoms with Crippen molar-refractivity contribution in [2.75, 3.05) is 0 Å². The molecule has 26 heavy (non-hydrogen) atoms. The molecular weight excluding hydrogens is 338 g/mol. The molecule has 0 aromatic heterocycles. The van der Waals surface area contributed by atoms with Crippen LogP contribution in [-0.4, -0.2) is 10.8 Å². The average molecular weight is 374 g/mol. The zero-order valence-electron chi connectivity index (χ0n) is 16.6. The number of nitrogens with one attached hydrogen (secondary N) is 1. The molecular formula is C22H35N3S. The normalized spacial score (nSPS) is 47.7. The Morgan fingerprint density at radius 2 is 1.85 bits per heavy atom. The van der Waals surface area contributed by atoms with Gasteiger partial charge >= 0.3 is 0 Å². The summed E-state index contributed by atoms with van der Waals surface area (Å²) >= 11 is 4.93. The van der Waals surface area contributed by atoms with Crippen molar-refractivity contribution >= 4 is 23.0 Å². The number of nitrogens with two attached hydrogens (primary N) is 1. The molecule has 7 atom stereocenters. The first-order chi connectivity index (χ1) is 12.4. The van der Waals surface area contributed by atoms with E-state index in [0.717, 1.165) is 23.7 Å². The molecule has 4 aliphatic carbocycles. The van der Waals surface area contributed by atoms with Gasteiger partial charge in [-0.15, -0.1) is 0 Å². The van der Waals surface area contributed by atoms with Gasteiger partial charge in [-0.1, -0.05) is 26.0 Å². The van der Waals surface area contributed by atoms with Crippen molar-refractivity contribution in [3.63, 3.8) is 0 Å². The lowest BCUT2D eigenvalue weighted by atomic mass is 9.45. The summed E-state index contributed by atoms with van der Waals surface area (Å²) in [6, 6.07) is 0. The van der Waals surface area contributed by atoms with Crippen molar-refractivity contribution < 1.29 is 0 Å². The maximum Gasteiger partial charge on any atom is 0.184 e. The van der Waals surface area contributed by atoms with Crippen molar-refractivity contribution in [3.05, 3.63) is 12.2 Å². The van der Waals surface area contributed by atoms with E-state index in [2.05, 4.69) is 43.5 Å². The Balaban J connectivity index is 1.57. The van der Waals surface area contributed by atoms with Crippen molar-refractivity contribution in [1.82, 2.24) is 5.43 Å². The molecule has 0 aromatic rings. The number of rotatable bonds is 2. The van der Waals surface area contributed by atoms with E-state index < -0.39 is 0 Å². The Labute approximate surface area is 164 Å². The highest BCUT2D eigenvalue weighted by atomic mass is 32.1. The smallest absolute Gasteiger partial charge is 0.184 e. The molecule has 0 heterocycles. The molecule has 3 nitrogen and oxygen atoms in total. The predicted octanol–water partition coefficient (Wildman–Crippen LogP) is 5.02. The molecule has 0 aromatic carbocycles. The van der Waals surface area contributed by atoms with Gasteiger partial charge in [0.15, 0.2) is 5.11 Å². The van der Waals surface area contributed by atoms with Gasteiger partial charge in [0.05, 0.1) is 0 Å². The summed E-state index contributed by atoms with van der Waals surface area (Å²) < 4.78 is 0. The molecule has 4 aliphatic rings. The summed E-state index contributed by atoms with van der Waals surface area (Å²) in [4.78, 5) is 0. The fraction of sp³-hybridized carbons (Fsp3) is 0.818. The summed E-state index contributed by atoms with van der Waals surface area (Å²) in [5, 5.41) is 4.78. The second-order valence-corrected chi connectivity index (χ2v) is 10.4. The molecule has 0 radical (unpaired) electrons. The first-order valence-corrected chi connectivity index (χ1v) is 11.0. The topological polar surface area (TPSA) is 50.4 Å². The second-order valence-electron chi connectivity index (χ2n) is 9.97. The van der Waals surface area contributed by atoms with E-state index in [4.69, 9.17) is 18.0 Å². The largest absolute Gasteiger partial charge is 0.375 e. The number of hydrazone groups is 1. The van der Waals surface area contributed by atoms with E-state index >= 15 is 0 Å². The van der Waals surface area contributed by atoms with Crippen molar-refractivity contribution in [2.45, 2.75) is 72.1 Å². The first-order valence-electron chi connectivity index (χ1n) is 10.6. The van der Waals surface area contributed by atoms with Crippen LogP contribution < -0.4 is 11.2 Å². The highest BCUT2D eigenvalue weighted by Gasteiger charge is 2.59. The van der Waals surface area contributed by atoms with Crippen LogP contribution in [0, 0.1) is 40.4 Å². The Bertz CT molecular complexity index is 641. The summed E-state index contributed by atoms with van der Waals surface area (Å²) in [5.41, 5.74) is 10.5. The van der Waals surface area contributed by atoms with Crippen LogP contribution >= 0.6 is 12.2 Å². The van der Waals surface area contributed by atoms with E-state index in [1.54, 1.807) is 0 Å². The minimum absolute atomic E-state index is 0.268. The van der Waals surface area contributed by atoms with Gasteiger partial charge in [0.1, 0.15) is 0 Å². The standard InChI is InChI=1S/C22H35N3S/c1-14(24-25-20(23)26)17-9-10-18-16-8-7-15-6-4-5-12-21(15,2)19(16)11-13-22(17,18)3/h4-5,15-19H,6-13H2,1-3H3,(H3,23,25,26). The molecule has 0 aliphatic heterocycles. The number of nitrogens with zero attached hydrogens (tertiary/aromatic N) is 1. The van der Waals surface area contributed by atoms with Gasteiger partial charge in [0.25, 0.3) is 0 Å². The number of hydrogen-bond acceptors (Lipinski definition) is 2. The first kappa shape index (κ1) is 18.5. The summed E-state index contributed by atoms with van der Waals surface area (Å²) in [7, 11) is 0. The van der Waals surface area contributed by atoms with Crippen LogP contribution in [-0.2, 0) is 0 Å². The number of thiocarbonyl (C=S) groups is 1. The Morgan fingerprint density at radius 3 is 2.62 bits per heavy atom. The van der Waals surface area contributed by atoms with Gasteiger partial charge in [-0.05, 0) is 105 Å². The lowest BCUT2D eigenvalue weighted by molar-refractivity contribution is -0.0913. The number of fused-ring (bicyclic) bond motifs is 5. The van der Waals surface area contributed by atoms with Gasteiger partial charge in [0.2, 0.25) is 0 Å². The zero-order chi connectivity index (χ0) is 18.5. The third kappa shape index (κ3) is 2.75. The Morgan fingerprint density at radius 1 is 1.08 bits per heavy atom. The molecule has 3 N–H and O–H groups in total. The molecule has 0 saturated heterocycles. The molecule has 144 valence electrons. The van der Waals surface area contributed by atoms with Crippen LogP contribution in [0.4, 0.5) is 0 Å². The lowest BCUT2D eigenvalue weighted by Gasteiger charge is -2.59. The van der Waals surface area contributed by atoms with E-state index in [0.29, 0.717) is 16.7 Å². The summed E-state index contributed by atoms with van der Waals surface area (Å²) in [6.45, 7) is 7.34. The SMILES string of the molecule is CC(=NNC(N)=S)C1CCC2C3CCC4CC=CCC4(C)C3CCC12C. The van der Waals surface area contributed by atoms with Gasteiger partial charge in [-0.3, -0.25) is 5.43 Å². The molecule has 0 bridgehead atoms. The van der Waals surface area contributed by atoms with Crippen molar-refractivity contribution in [1.29, 1.82) is 0 Å². The zero-order valence-corrected chi connectivity index (χ0v) is 17.4. The van der Waals surface area contributed by atoms with Crippen LogP contribution in [0.25, 0.3) is 0 Å². The third-order valence-corrected chi connectivity index (χ3v) is 9.15. The summed E-state index contributed by atoms with van der Waals surface area (Å²) in [5.74, 6) is 4.21. The highest BCUT2D eigenvalue weighted by Crippen LogP contribution is 2.67. The quantitative estimate of drug-likeness (QED) is 0.309. The van der Waals surface area contributed by atoms with Crippen LogP contribution in [0.2, 0.25) is 0 Å². The maximum absolute atomic E-state index is 5.58. The molecule has 7 unspecified atom stereocenters. The van der Waals surface area contributed by atoms with E-state index in [1.165, 1.54) is 57.1 Å². The van der Waals surface area contributed by atoms with Crippen LogP contribution in [0.5, 0.6) is 0 Å². The summed E-state index contributed by atoms with van der Waals surface area (Å²) in [6.07, 6.45) is 15.9. The lowest BCUT2D eigenvalue weighted by Crippen LogP contribution is -2.52.